The van der Waals surface area contributed by atoms with Gasteiger partial charge in [-0.1, -0.05) is 0 Å². The molecule has 0 aliphatic heterocycles. The standard InChI is InChI=1S/C9H9F2N3O/c1-15-9-5(2-3-12)4-6(13)7(14-9)8(10)11/h4,8H,2,13H2,1H3. The molecule has 15 heavy (non-hydrogen) atoms. The minimum Gasteiger partial charge on any atom is -0.481 e. The van der Waals surface area contributed by atoms with Gasteiger partial charge in [-0.3, -0.25) is 0 Å². The van der Waals surface area contributed by atoms with Crippen LogP contribution in [0.4, 0.5) is 14.5 Å². The lowest BCUT2D eigenvalue weighted by Crippen LogP contribution is -2.04. The molecule has 80 valence electrons. The van der Waals surface area contributed by atoms with Crippen LogP contribution in [0.3, 0.4) is 0 Å². The summed E-state index contributed by atoms with van der Waals surface area (Å²) in [6, 6.07) is 3.16. The first-order chi connectivity index (χ1) is 7.10. The molecule has 0 fully saturated rings. The summed E-state index contributed by atoms with van der Waals surface area (Å²) < 4.78 is 29.6. The molecule has 1 aromatic heterocycles. The molecule has 1 rings (SSSR count). The maximum Gasteiger partial charge on any atom is 0.282 e. The van der Waals surface area contributed by atoms with Gasteiger partial charge in [-0.05, 0) is 6.07 Å². The molecule has 6 heteroatoms. The normalized spacial score (nSPS) is 10.1. The molecule has 0 aliphatic carbocycles. The van der Waals surface area contributed by atoms with Gasteiger partial charge in [-0.2, -0.15) is 5.26 Å². The minimum absolute atomic E-state index is 0.0149. The van der Waals surface area contributed by atoms with Crippen molar-refractivity contribution in [3.63, 3.8) is 0 Å². The van der Waals surface area contributed by atoms with Crippen LogP contribution in [0.1, 0.15) is 17.7 Å². The summed E-state index contributed by atoms with van der Waals surface area (Å²) in [6.45, 7) is 0. The van der Waals surface area contributed by atoms with Gasteiger partial charge < -0.3 is 10.5 Å². The van der Waals surface area contributed by atoms with Gasteiger partial charge in [0.1, 0.15) is 5.69 Å². The van der Waals surface area contributed by atoms with Crippen LogP contribution >= 0.6 is 0 Å². The number of nitriles is 1. The van der Waals surface area contributed by atoms with E-state index < -0.39 is 12.1 Å². The largest absolute Gasteiger partial charge is 0.481 e. The summed E-state index contributed by atoms with van der Waals surface area (Å²) in [6.07, 6.45) is -2.74. The van der Waals surface area contributed by atoms with Crippen LogP contribution in [0.2, 0.25) is 0 Å². The van der Waals surface area contributed by atoms with E-state index in [1.807, 2.05) is 6.07 Å². The van der Waals surface area contributed by atoms with Crippen molar-refractivity contribution >= 4 is 5.69 Å². The maximum absolute atomic E-state index is 12.4. The van der Waals surface area contributed by atoms with Gasteiger partial charge in [0.2, 0.25) is 5.88 Å². The first-order valence-electron chi connectivity index (χ1n) is 4.08. The number of halogens is 2. The molecule has 0 spiro atoms. The van der Waals surface area contributed by atoms with Crippen molar-refractivity contribution in [2.24, 2.45) is 0 Å². The summed E-state index contributed by atoms with van der Waals surface area (Å²) >= 11 is 0. The Hall–Kier alpha value is -1.90. The first-order valence-corrected chi connectivity index (χ1v) is 4.08. The lowest BCUT2D eigenvalue weighted by molar-refractivity contribution is 0.146. The van der Waals surface area contributed by atoms with Crippen molar-refractivity contribution in [2.75, 3.05) is 12.8 Å². The number of rotatable bonds is 3. The van der Waals surface area contributed by atoms with Crippen molar-refractivity contribution in [1.29, 1.82) is 5.26 Å². The fraction of sp³-hybridized carbons (Fsp3) is 0.333. The number of aromatic nitrogens is 1. The summed E-state index contributed by atoms with van der Waals surface area (Å²) in [5.41, 5.74) is 5.12. The lowest BCUT2D eigenvalue weighted by atomic mass is 10.1. The van der Waals surface area contributed by atoms with Crippen LogP contribution in [0.15, 0.2) is 6.07 Å². The van der Waals surface area contributed by atoms with Crippen molar-refractivity contribution in [3.05, 3.63) is 17.3 Å². The number of pyridine rings is 1. The molecule has 0 unspecified atom stereocenters. The molecule has 1 aromatic rings. The Morgan fingerprint density at radius 3 is 2.80 bits per heavy atom. The van der Waals surface area contributed by atoms with E-state index in [1.54, 1.807) is 0 Å². The molecule has 0 radical (unpaired) electrons. The number of ether oxygens (including phenoxy) is 1. The maximum atomic E-state index is 12.4. The predicted molar refractivity (Wildman–Crippen MR) is 49.5 cm³/mol. The second kappa shape index (κ2) is 4.55. The molecule has 0 amide bonds. The number of methoxy groups -OCH3 is 1. The Bertz CT molecular complexity index is 401. The van der Waals surface area contributed by atoms with Crippen LogP contribution in [0.5, 0.6) is 5.88 Å². The van der Waals surface area contributed by atoms with Gasteiger partial charge >= 0.3 is 0 Å². The highest BCUT2D eigenvalue weighted by molar-refractivity contribution is 5.50. The number of nitrogens with zero attached hydrogens (tertiary/aromatic N) is 2. The highest BCUT2D eigenvalue weighted by Crippen LogP contribution is 2.28. The monoisotopic (exact) mass is 213 g/mol. The zero-order chi connectivity index (χ0) is 11.4. The Labute approximate surface area is 85.3 Å². The van der Waals surface area contributed by atoms with Gasteiger partial charge in [-0.15, -0.1) is 0 Å². The van der Waals surface area contributed by atoms with Gasteiger partial charge in [0.05, 0.1) is 25.3 Å². The van der Waals surface area contributed by atoms with E-state index in [9.17, 15) is 8.78 Å². The highest BCUT2D eigenvalue weighted by Gasteiger charge is 2.17. The molecular formula is C9H9F2N3O. The number of hydrogen-bond donors (Lipinski definition) is 1. The van der Waals surface area contributed by atoms with Gasteiger partial charge in [0.15, 0.2) is 0 Å². The SMILES string of the molecule is COc1nc(C(F)F)c(N)cc1CC#N. The molecule has 2 N–H and O–H groups in total. The summed E-state index contributed by atoms with van der Waals surface area (Å²) in [5.74, 6) is 0.0149. The summed E-state index contributed by atoms with van der Waals surface area (Å²) in [5, 5.41) is 8.49. The quantitative estimate of drug-likeness (QED) is 0.828. The van der Waals surface area contributed by atoms with Crippen LogP contribution < -0.4 is 10.5 Å². The van der Waals surface area contributed by atoms with Gasteiger partial charge in [-0.25, -0.2) is 13.8 Å². The second-order valence-electron chi connectivity index (χ2n) is 2.77. The van der Waals surface area contributed by atoms with E-state index in [0.717, 1.165) is 0 Å². The van der Waals surface area contributed by atoms with E-state index in [4.69, 9.17) is 15.7 Å². The third-order valence-electron chi connectivity index (χ3n) is 1.79. The van der Waals surface area contributed by atoms with Crippen LogP contribution in [-0.4, -0.2) is 12.1 Å². The van der Waals surface area contributed by atoms with Crippen molar-refractivity contribution in [1.82, 2.24) is 4.98 Å². The highest BCUT2D eigenvalue weighted by atomic mass is 19.3. The fourth-order valence-electron chi connectivity index (χ4n) is 1.13. The van der Waals surface area contributed by atoms with Crippen LogP contribution in [-0.2, 0) is 6.42 Å². The summed E-state index contributed by atoms with van der Waals surface area (Å²) in [7, 11) is 1.30. The fourth-order valence-corrected chi connectivity index (χ4v) is 1.13. The van der Waals surface area contributed by atoms with Gasteiger partial charge in [0, 0.05) is 5.56 Å². The number of hydrogen-bond acceptors (Lipinski definition) is 4. The Morgan fingerprint density at radius 1 is 1.67 bits per heavy atom. The van der Waals surface area contributed by atoms with Crippen LogP contribution in [0.25, 0.3) is 0 Å². The molecule has 0 atom stereocenters. The zero-order valence-electron chi connectivity index (χ0n) is 8.00. The van der Waals surface area contributed by atoms with E-state index in [2.05, 4.69) is 4.98 Å². The molecule has 0 aromatic carbocycles. The number of nitrogens with two attached hydrogens (primary N) is 1. The first kappa shape index (κ1) is 11.2. The zero-order valence-corrected chi connectivity index (χ0v) is 8.00. The number of nitrogen functional groups attached to an aromatic ring is 1. The van der Waals surface area contributed by atoms with Crippen molar-refractivity contribution in [2.45, 2.75) is 12.8 Å². The smallest absolute Gasteiger partial charge is 0.282 e. The third-order valence-corrected chi connectivity index (χ3v) is 1.79. The van der Waals surface area contributed by atoms with E-state index in [0.29, 0.717) is 5.56 Å². The summed E-state index contributed by atoms with van der Waals surface area (Å²) in [4.78, 5) is 3.56. The number of anilines is 1. The van der Waals surface area contributed by atoms with Crippen LogP contribution in [0, 0.1) is 11.3 Å². The molecule has 4 nitrogen and oxygen atoms in total. The Kier molecular flexibility index (Phi) is 3.39. The number of alkyl halides is 2. The molecular weight excluding hydrogens is 204 g/mol. The van der Waals surface area contributed by atoms with E-state index >= 15 is 0 Å². The predicted octanol–water partition coefficient (Wildman–Crippen LogP) is 1.68. The molecule has 0 aliphatic rings. The van der Waals surface area contributed by atoms with Crippen molar-refractivity contribution in [3.8, 4) is 11.9 Å². The van der Waals surface area contributed by atoms with Crippen molar-refractivity contribution < 1.29 is 13.5 Å². The van der Waals surface area contributed by atoms with Gasteiger partial charge in [0.25, 0.3) is 6.43 Å². The average Bonchev–Trinajstić information content (AvgIpc) is 2.18. The minimum atomic E-state index is -2.75. The molecule has 1 heterocycles. The average molecular weight is 213 g/mol. The molecule has 0 saturated heterocycles. The van der Waals surface area contributed by atoms with E-state index in [-0.39, 0.29) is 18.0 Å². The third kappa shape index (κ3) is 2.31. The topological polar surface area (TPSA) is 71.9 Å². The Morgan fingerprint density at radius 2 is 2.33 bits per heavy atom. The molecule has 0 saturated carbocycles. The second-order valence-corrected chi connectivity index (χ2v) is 2.77. The molecule has 0 bridgehead atoms. The Balaban J connectivity index is 3.24. The lowest BCUT2D eigenvalue weighted by Gasteiger charge is -2.09. The van der Waals surface area contributed by atoms with E-state index in [1.165, 1.54) is 13.2 Å².